The number of carbonyl (C=O) groups excluding carboxylic acids is 2. The van der Waals surface area contributed by atoms with E-state index in [9.17, 15) is 9.59 Å². The van der Waals surface area contributed by atoms with Crippen LogP contribution in [0.2, 0.25) is 0 Å². The van der Waals surface area contributed by atoms with Gasteiger partial charge in [0.1, 0.15) is 0 Å². The molecule has 0 radical (unpaired) electrons. The second kappa shape index (κ2) is 6.85. The zero-order valence-corrected chi connectivity index (χ0v) is 11.9. The second-order valence-corrected chi connectivity index (χ2v) is 5.02. The Morgan fingerprint density at radius 2 is 2.20 bits per heavy atom. The number of hydrogen-bond acceptors (Lipinski definition) is 4. The molecule has 2 amide bonds. The summed E-state index contributed by atoms with van der Waals surface area (Å²) in [5.74, 6) is -0.418. The Kier molecular flexibility index (Phi) is 4.89. The van der Waals surface area contributed by atoms with Crippen molar-refractivity contribution in [2.45, 2.75) is 13.5 Å². The highest BCUT2D eigenvalue weighted by atomic mass is 32.1. The van der Waals surface area contributed by atoms with E-state index in [4.69, 9.17) is 0 Å². The summed E-state index contributed by atoms with van der Waals surface area (Å²) < 4.78 is 1.78. The lowest BCUT2D eigenvalue weighted by atomic mass is 10.2. The van der Waals surface area contributed by atoms with Gasteiger partial charge in [0.2, 0.25) is 11.8 Å². The lowest BCUT2D eigenvalue weighted by Gasteiger charge is -2.05. The molecule has 0 atom stereocenters. The van der Waals surface area contributed by atoms with Crippen LogP contribution in [-0.4, -0.2) is 34.7 Å². The van der Waals surface area contributed by atoms with Crippen molar-refractivity contribution in [2.75, 3.05) is 13.1 Å². The average molecular weight is 292 g/mol. The molecule has 2 aromatic rings. The Labute approximate surface area is 120 Å². The van der Waals surface area contributed by atoms with E-state index < -0.39 is 0 Å². The van der Waals surface area contributed by atoms with E-state index in [1.165, 1.54) is 6.92 Å². The third-order valence-electron chi connectivity index (χ3n) is 2.62. The Morgan fingerprint density at radius 1 is 1.35 bits per heavy atom. The molecule has 0 unspecified atom stereocenters. The predicted octanol–water partition coefficient (Wildman–Crippen LogP) is 0.864. The predicted molar refractivity (Wildman–Crippen MR) is 77.2 cm³/mol. The van der Waals surface area contributed by atoms with Crippen molar-refractivity contribution < 1.29 is 9.59 Å². The molecule has 0 spiro atoms. The SMILES string of the molecule is CC(=O)NCC(=O)NCCn1ccc(-c2ccsc2)n1. The van der Waals surface area contributed by atoms with Crippen LogP contribution in [0.25, 0.3) is 11.3 Å². The first-order valence-corrected chi connectivity index (χ1v) is 7.16. The van der Waals surface area contributed by atoms with Gasteiger partial charge in [-0.15, -0.1) is 0 Å². The van der Waals surface area contributed by atoms with Crippen molar-refractivity contribution in [1.82, 2.24) is 20.4 Å². The van der Waals surface area contributed by atoms with Gasteiger partial charge < -0.3 is 10.6 Å². The summed E-state index contributed by atoms with van der Waals surface area (Å²) >= 11 is 1.63. The smallest absolute Gasteiger partial charge is 0.239 e. The molecule has 0 aliphatic carbocycles. The third-order valence-corrected chi connectivity index (χ3v) is 3.30. The van der Waals surface area contributed by atoms with Crippen LogP contribution in [0.15, 0.2) is 29.1 Å². The fraction of sp³-hybridized carbons (Fsp3) is 0.308. The number of aromatic nitrogens is 2. The fourth-order valence-electron chi connectivity index (χ4n) is 1.63. The first-order chi connectivity index (χ1) is 9.65. The van der Waals surface area contributed by atoms with Crippen molar-refractivity contribution in [3.8, 4) is 11.3 Å². The maximum absolute atomic E-state index is 11.4. The molecule has 106 valence electrons. The van der Waals surface area contributed by atoms with Crippen LogP contribution in [0.4, 0.5) is 0 Å². The van der Waals surface area contributed by atoms with E-state index in [0.29, 0.717) is 13.1 Å². The van der Waals surface area contributed by atoms with E-state index in [-0.39, 0.29) is 18.4 Å². The molecule has 2 rings (SSSR count). The van der Waals surface area contributed by atoms with Crippen LogP contribution in [-0.2, 0) is 16.1 Å². The minimum Gasteiger partial charge on any atom is -0.353 e. The van der Waals surface area contributed by atoms with Gasteiger partial charge in [-0.25, -0.2) is 0 Å². The van der Waals surface area contributed by atoms with E-state index >= 15 is 0 Å². The van der Waals surface area contributed by atoms with Gasteiger partial charge in [-0.1, -0.05) is 0 Å². The van der Waals surface area contributed by atoms with Crippen molar-refractivity contribution in [1.29, 1.82) is 0 Å². The Hall–Kier alpha value is -2.15. The quantitative estimate of drug-likeness (QED) is 0.829. The van der Waals surface area contributed by atoms with E-state index in [0.717, 1.165) is 11.3 Å². The van der Waals surface area contributed by atoms with Crippen molar-refractivity contribution in [3.63, 3.8) is 0 Å². The molecule has 0 fully saturated rings. The van der Waals surface area contributed by atoms with Gasteiger partial charge in [0.15, 0.2) is 0 Å². The molecule has 6 nitrogen and oxygen atoms in total. The monoisotopic (exact) mass is 292 g/mol. The molecule has 20 heavy (non-hydrogen) atoms. The van der Waals surface area contributed by atoms with Gasteiger partial charge >= 0.3 is 0 Å². The van der Waals surface area contributed by atoms with Crippen molar-refractivity contribution in [2.24, 2.45) is 0 Å². The summed E-state index contributed by atoms with van der Waals surface area (Å²) in [7, 11) is 0. The number of nitrogens with zero attached hydrogens (tertiary/aromatic N) is 2. The lowest BCUT2D eigenvalue weighted by Crippen LogP contribution is -2.37. The summed E-state index contributed by atoms with van der Waals surface area (Å²) in [4.78, 5) is 22.0. The molecule has 0 saturated heterocycles. The summed E-state index contributed by atoms with van der Waals surface area (Å²) in [6.07, 6.45) is 1.88. The summed E-state index contributed by atoms with van der Waals surface area (Å²) in [6.45, 7) is 2.46. The molecule has 0 aliphatic heterocycles. The first-order valence-electron chi connectivity index (χ1n) is 6.22. The largest absolute Gasteiger partial charge is 0.353 e. The average Bonchev–Trinajstić information content (AvgIpc) is 3.06. The molecule has 0 saturated carbocycles. The van der Waals surface area contributed by atoms with Gasteiger partial charge in [-0.3, -0.25) is 14.3 Å². The van der Waals surface area contributed by atoms with Crippen LogP contribution in [0.3, 0.4) is 0 Å². The Morgan fingerprint density at radius 3 is 2.90 bits per heavy atom. The topological polar surface area (TPSA) is 76.0 Å². The highest BCUT2D eigenvalue weighted by molar-refractivity contribution is 7.08. The van der Waals surface area contributed by atoms with Gasteiger partial charge in [0.05, 0.1) is 18.8 Å². The minimum absolute atomic E-state index is 0.00853. The molecule has 7 heteroatoms. The molecular weight excluding hydrogens is 276 g/mol. The molecule has 2 heterocycles. The van der Waals surface area contributed by atoms with Crippen LogP contribution < -0.4 is 10.6 Å². The van der Waals surface area contributed by atoms with Crippen LogP contribution in [0, 0.1) is 0 Å². The standard InChI is InChI=1S/C13H16N4O2S/c1-10(18)15-8-13(19)14-4-6-17-5-2-12(16-17)11-3-7-20-9-11/h2-3,5,7,9H,4,6,8H2,1H3,(H,14,19)(H,15,18). The maximum atomic E-state index is 11.4. The summed E-state index contributed by atoms with van der Waals surface area (Å²) in [5, 5.41) is 13.6. The first kappa shape index (κ1) is 14.3. The van der Waals surface area contributed by atoms with Crippen LogP contribution >= 0.6 is 11.3 Å². The number of rotatable bonds is 6. The van der Waals surface area contributed by atoms with Crippen molar-refractivity contribution >= 4 is 23.2 Å². The zero-order valence-electron chi connectivity index (χ0n) is 11.1. The Balaban J connectivity index is 1.75. The molecular formula is C13H16N4O2S. The molecule has 0 aliphatic rings. The highest BCUT2D eigenvalue weighted by Gasteiger charge is 2.04. The van der Waals surface area contributed by atoms with Crippen LogP contribution in [0.1, 0.15) is 6.92 Å². The zero-order chi connectivity index (χ0) is 14.4. The molecule has 0 aromatic carbocycles. The van der Waals surface area contributed by atoms with Gasteiger partial charge in [0, 0.05) is 30.6 Å². The molecule has 0 bridgehead atoms. The highest BCUT2D eigenvalue weighted by Crippen LogP contribution is 2.19. The van der Waals surface area contributed by atoms with Crippen LogP contribution in [0.5, 0.6) is 0 Å². The second-order valence-electron chi connectivity index (χ2n) is 4.24. The van der Waals surface area contributed by atoms with Gasteiger partial charge in [-0.2, -0.15) is 16.4 Å². The minimum atomic E-state index is -0.215. The number of hydrogen-bond donors (Lipinski definition) is 2. The molecule has 2 aromatic heterocycles. The van der Waals surface area contributed by atoms with Crippen molar-refractivity contribution in [3.05, 3.63) is 29.1 Å². The number of amides is 2. The lowest BCUT2D eigenvalue weighted by molar-refractivity contribution is -0.125. The van der Waals surface area contributed by atoms with Gasteiger partial charge in [-0.05, 0) is 17.5 Å². The number of carbonyl (C=O) groups is 2. The number of nitrogens with one attached hydrogen (secondary N) is 2. The maximum Gasteiger partial charge on any atom is 0.239 e. The Bertz CT molecular complexity index is 577. The fourth-order valence-corrected chi connectivity index (χ4v) is 2.28. The summed E-state index contributed by atoms with van der Waals surface area (Å²) in [5.41, 5.74) is 2.03. The van der Waals surface area contributed by atoms with E-state index in [1.54, 1.807) is 16.0 Å². The molecule has 2 N–H and O–H groups in total. The number of thiophene rings is 1. The van der Waals surface area contributed by atoms with E-state index in [1.807, 2.05) is 29.1 Å². The van der Waals surface area contributed by atoms with E-state index in [2.05, 4.69) is 15.7 Å². The normalized spacial score (nSPS) is 10.2. The summed E-state index contributed by atoms with van der Waals surface area (Å²) in [6, 6.07) is 3.97. The van der Waals surface area contributed by atoms with Gasteiger partial charge in [0.25, 0.3) is 0 Å². The third kappa shape index (κ3) is 4.20.